The van der Waals surface area contributed by atoms with Gasteiger partial charge < -0.3 is 0 Å². The van der Waals surface area contributed by atoms with Crippen molar-refractivity contribution in [2.75, 3.05) is 0 Å². The molecule has 2 aromatic rings. The maximum atomic E-state index is 5.84. The molecular formula is C11H8BrCl. The fourth-order valence-corrected chi connectivity index (χ4v) is 2.15. The molecule has 0 aliphatic heterocycles. The Morgan fingerprint density at radius 1 is 1.00 bits per heavy atom. The molecule has 0 atom stereocenters. The Hall–Kier alpha value is -0.530. The van der Waals surface area contributed by atoms with Crippen LogP contribution >= 0.6 is 27.5 Å². The number of hydrogen-bond donors (Lipinski definition) is 0. The van der Waals surface area contributed by atoms with E-state index in [9.17, 15) is 0 Å². The second-order valence-electron chi connectivity index (χ2n) is 2.89. The van der Waals surface area contributed by atoms with Crippen LogP contribution in [0.5, 0.6) is 0 Å². The third-order valence-electron chi connectivity index (χ3n) is 2.11. The molecule has 0 bridgehead atoms. The average molecular weight is 256 g/mol. The number of hydrogen-bond acceptors (Lipinski definition) is 0. The van der Waals surface area contributed by atoms with Crippen LogP contribution in [0.4, 0.5) is 0 Å². The summed E-state index contributed by atoms with van der Waals surface area (Å²) in [4.78, 5) is 0. The summed E-state index contributed by atoms with van der Waals surface area (Å²) in [6.45, 7) is 0. The van der Waals surface area contributed by atoms with Crippen LogP contribution in [0, 0.1) is 0 Å². The normalized spacial score (nSPS) is 10.6. The van der Waals surface area contributed by atoms with Crippen molar-refractivity contribution < 1.29 is 0 Å². The van der Waals surface area contributed by atoms with Gasteiger partial charge in [-0.05, 0) is 22.4 Å². The van der Waals surface area contributed by atoms with Gasteiger partial charge in [-0.15, -0.1) is 11.6 Å². The second-order valence-corrected chi connectivity index (χ2v) is 4.01. The molecule has 0 heterocycles. The maximum absolute atomic E-state index is 5.84. The van der Waals surface area contributed by atoms with Crippen molar-refractivity contribution in [1.82, 2.24) is 0 Å². The van der Waals surface area contributed by atoms with Crippen LogP contribution in [0.15, 0.2) is 40.9 Å². The van der Waals surface area contributed by atoms with E-state index in [-0.39, 0.29) is 0 Å². The first-order valence-corrected chi connectivity index (χ1v) is 5.38. The molecule has 66 valence electrons. The third-order valence-corrected chi connectivity index (χ3v) is 3.08. The molecule has 0 aliphatic rings. The molecule has 2 rings (SSSR count). The number of alkyl halides is 1. The summed E-state index contributed by atoms with van der Waals surface area (Å²) in [5.74, 6) is 0.563. The molecule has 0 N–H and O–H groups in total. The van der Waals surface area contributed by atoms with E-state index in [4.69, 9.17) is 11.6 Å². The summed E-state index contributed by atoms with van der Waals surface area (Å²) in [5, 5.41) is 2.45. The quantitative estimate of drug-likeness (QED) is 0.665. The zero-order valence-electron chi connectivity index (χ0n) is 6.93. The van der Waals surface area contributed by atoms with E-state index in [0.29, 0.717) is 5.88 Å². The first kappa shape index (κ1) is 9.04. The molecule has 0 amide bonds. The summed E-state index contributed by atoms with van der Waals surface area (Å²) >= 11 is 9.36. The van der Waals surface area contributed by atoms with Gasteiger partial charge in [0, 0.05) is 10.4 Å². The van der Waals surface area contributed by atoms with Crippen LogP contribution in [0.3, 0.4) is 0 Å². The average Bonchev–Trinajstić information content (AvgIpc) is 2.19. The van der Waals surface area contributed by atoms with E-state index in [1.165, 1.54) is 16.3 Å². The monoisotopic (exact) mass is 254 g/mol. The van der Waals surface area contributed by atoms with Crippen LogP contribution in [-0.4, -0.2) is 0 Å². The molecule has 0 saturated heterocycles. The minimum absolute atomic E-state index is 0.563. The van der Waals surface area contributed by atoms with Crippen molar-refractivity contribution >= 4 is 38.3 Å². The van der Waals surface area contributed by atoms with Crippen LogP contribution in [0.25, 0.3) is 10.8 Å². The van der Waals surface area contributed by atoms with Gasteiger partial charge >= 0.3 is 0 Å². The van der Waals surface area contributed by atoms with Crippen molar-refractivity contribution in [2.24, 2.45) is 0 Å². The predicted octanol–water partition coefficient (Wildman–Crippen LogP) is 4.34. The van der Waals surface area contributed by atoms with Gasteiger partial charge in [-0.25, -0.2) is 0 Å². The highest BCUT2D eigenvalue weighted by molar-refractivity contribution is 9.10. The van der Waals surface area contributed by atoms with Crippen molar-refractivity contribution in [2.45, 2.75) is 5.88 Å². The van der Waals surface area contributed by atoms with E-state index in [1.54, 1.807) is 0 Å². The number of benzene rings is 2. The summed E-state index contributed by atoms with van der Waals surface area (Å²) in [6.07, 6.45) is 0. The number of fused-ring (bicyclic) bond motifs is 1. The Morgan fingerprint density at radius 3 is 2.38 bits per heavy atom. The van der Waals surface area contributed by atoms with E-state index in [2.05, 4.69) is 34.1 Å². The SMILES string of the molecule is ClCc1ccc(Br)c2ccccc12. The first-order chi connectivity index (χ1) is 6.33. The van der Waals surface area contributed by atoms with Crippen LogP contribution in [-0.2, 0) is 5.88 Å². The first-order valence-electron chi connectivity index (χ1n) is 4.05. The number of rotatable bonds is 1. The minimum Gasteiger partial charge on any atom is -0.122 e. The smallest absolute Gasteiger partial charge is 0.0480 e. The highest BCUT2D eigenvalue weighted by Gasteiger charge is 2.01. The molecule has 0 aliphatic carbocycles. The van der Waals surface area contributed by atoms with Crippen molar-refractivity contribution in [3.05, 3.63) is 46.4 Å². The molecule has 13 heavy (non-hydrogen) atoms. The second kappa shape index (κ2) is 3.69. The maximum Gasteiger partial charge on any atom is 0.0480 e. The summed E-state index contributed by atoms with van der Waals surface area (Å²) < 4.78 is 1.12. The van der Waals surface area contributed by atoms with Crippen molar-refractivity contribution in [1.29, 1.82) is 0 Å². The Labute approximate surface area is 90.6 Å². The third kappa shape index (κ3) is 1.59. The lowest BCUT2D eigenvalue weighted by atomic mass is 10.1. The summed E-state index contributed by atoms with van der Waals surface area (Å²) in [5.41, 5.74) is 1.18. The fourth-order valence-electron chi connectivity index (χ4n) is 1.44. The molecule has 0 aromatic heterocycles. The van der Waals surface area contributed by atoms with Crippen molar-refractivity contribution in [3.8, 4) is 0 Å². The van der Waals surface area contributed by atoms with Gasteiger partial charge in [0.1, 0.15) is 0 Å². The molecule has 0 radical (unpaired) electrons. The van der Waals surface area contributed by atoms with Gasteiger partial charge in [0.2, 0.25) is 0 Å². The van der Waals surface area contributed by atoms with Gasteiger partial charge in [0.15, 0.2) is 0 Å². The molecule has 0 fully saturated rings. The molecular weight excluding hydrogens is 247 g/mol. The van der Waals surface area contributed by atoms with Crippen molar-refractivity contribution in [3.63, 3.8) is 0 Å². The Morgan fingerprint density at radius 2 is 1.69 bits per heavy atom. The molecule has 0 unspecified atom stereocenters. The minimum atomic E-state index is 0.563. The van der Waals surface area contributed by atoms with E-state index in [0.717, 1.165) is 4.47 Å². The van der Waals surface area contributed by atoms with Crippen LogP contribution < -0.4 is 0 Å². The lowest BCUT2D eigenvalue weighted by molar-refractivity contribution is 1.44. The molecule has 0 spiro atoms. The summed E-state index contributed by atoms with van der Waals surface area (Å²) in [7, 11) is 0. The largest absolute Gasteiger partial charge is 0.122 e. The number of halogens is 2. The van der Waals surface area contributed by atoms with Gasteiger partial charge in [-0.2, -0.15) is 0 Å². The lowest BCUT2D eigenvalue weighted by Gasteiger charge is -2.04. The predicted molar refractivity (Wildman–Crippen MR) is 61.2 cm³/mol. The van der Waals surface area contributed by atoms with Crippen LogP contribution in [0.2, 0.25) is 0 Å². The highest BCUT2D eigenvalue weighted by Crippen LogP contribution is 2.27. The van der Waals surface area contributed by atoms with Gasteiger partial charge in [-0.1, -0.05) is 46.3 Å². The summed E-state index contributed by atoms with van der Waals surface area (Å²) in [6, 6.07) is 12.3. The Kier molecular flexibility index (Phi) is 2.56. The van der Waals surface area contributed by atoms with Crippen LogP contribution in [0.1, 0.15) is 5.56 Å². The van der Waals surface area contributed by atoms with E-state index >= 15 is 0 Å². The fraction of sp³-hybridized carbons (Fsp3) is 0.0909. The standard InChI is InChI=1S/C11H8BrCl/c12-11-6-5-8(7-13)9-3-1-2-4-10(9)11/h1-6H,7H2. The lowest BCUT2D eigenvalue weighted by Crippen LogP contribution is -1.82. The zero-order valence-corrected chi connectivity index (χ0v) is 9.27. The highest BCUT2D eigenvalue weighted by atomic mass is 79.9. The molecule has 2 heteroatoms. The Balaban J connectivity index is 2.84. The van der Waals surface area contributed by atoms with E-state index < -0.39 is 0 Å². The zero-order chi connectivity index (χ0) is 9.26. The molecule has 0 nitrogen and oxygen atoms in total. The molecule has 2 aromatic carbocycles. The Bertz CT molecular complexity index is 437. The molecule has 0 saturated carbocycles. The van der Waals surface area contributed by atoms with Gasteiger partial charge in [0.05, 0.1) is 0 Å². The van der Waals surface area contributed by atoms with E-state index in [1.807, 2.05) is 18.2 Å². The topological polar surface area (TPSA) is 0 Å². The van der Waals surface area contributed by atoms with Gasteiger partial charge in [-0.3, -0.25) is 0 Å². The van der Waals surface area contributed by atoms with Gasteiger partial charge in [0.25, 0.3) is 0 Å².